The summed E-state index contributed by atoms with van der Waals surface area (Å²) < 4.78 is 0. The first-order chi connectivity index (χ1) is 8.31. The van der Waals surface area contributed by atoms with E-state index in [9.17, 15) is 4.79 Å². The molecule has 1 aliphatic heterocycles. The predicted molar refractivity (Wildman–Crippen MR) is 68.9 cm³/mol. The van der Waals surface area contributed by atoms with Crippen molar-refractivity contribution in [3.63, 3.8) is 0 Å². The number of hydrogen-bond donors (Lipinski definition) is 2. The Morgan fingerprint density at radius 2 is 2.24 bits per heavy atom. The van der Waals surface area contributed by atoms with Gasteiger partial charge in [-0.25, -0.2) is 0 Å². The van der Waals surface area contributed by atoms with E-state index in [1.165, 1.54) is 25.7 Å². The molecule has 4 heteroatoms. The van der Waals surface area contributed by atoms with Crippen LogP contribution in [0.3, 0.4) is 0 Å². The van der Waals surface area contributed by atoms with E-state index >= 15 is 0 Å². The number of nitrogens with zero attached hydrogens (tertiary/aromatic N) is 1. The summed E-state index contributed by atoms with van der Waals surface area (Å²) in [6.07, 6.45) is 6.57. The second-order valence-electron chi connectivity index (χ2n) is 5.28. The fraction of sp³-hybridized carbons (Fsp3) is 0.923. The first-order valence-corrected chi connectivity index (χ1v) is 6.98. The number of rotatable bonds is 7. The highest BCUT2D eigenvalue weighted by Crippen LogP contribution is 2.28. The van der Waals surface area contributed by atoms with Crippen LogP contribution in [0.25, 0.3) is 0 Å². The van der Waals surface area contributed by atoms with Crippen molar-refractivity contribution in [2.24, 2.45) is 0 Å². The molecule has 1 atom stereocenters. The molecule has 0 aromatic carbocycles. The molecule has 0 unspecified atom stereocenters. The Hall–Kier alpha value is -0.610. The van der Waals surface area contributed by atoms with Crippen molar-refractivity contribution >= 4 is 5.91 Å². The number of carbonyl (C=O) groups excluding carboxylic acids is 1. The number of nitrogens with one attached hydrogen (secondary N) is 2. The summed E-state index contributed by atoms with van der Waals surface area (Å²) in [6, 6.07) is 1.10. The lowest BCUT2D eigenvalue weighted by molar-refractivity contribution is -0.132. The van der Waals surface area contributed by atoms with Crippen LogP contribution in [0.1, 0.15) is 38.5 Å². The quantitative estimate of drug-likeness (QED) is 0.644. The first-order valence-electron chi connectivity index (χ1n) is 6.98. The molecule has 2 rings (SSSR count). The third-order valence-electron chi connectivity index (χ3n) is 3.70. The van der Waals surface area contributed by atoms with Gasteiger partial charge < -0.3 is 15.5 Å². The summed E-state index contributed by atoms with van der Waals surface area (Å²) in [4.78, 5) is 14.3. The van der Waals surface area contributed by atoms with Gasteiger partial charge in [-0.05, 0) is 52.2 Å². The molecule has 0 bridgehead atoms. The van der Waals surface area contributed by atoms with Crippen molar-refractivity contribution in [2.75, 3.05) is 26.7 Å². The van der Waals surface area contributed by atoms with Gasteiger partial charge in [0.2, 0.25) is 5.91 Å². The van der Waals surface area contributed by atoms with Crippen LogP contribution in [-0.4, -0.2) is 49.6 Å². The minimum Gasteiger partial charge on any atom is -0.338 e. The third kappa shape index (κ3) is 3.96. The fourth-order valence-corrected chi connectivity index (χ4v) is 2.55. The first kappa shape index (κ1) is 12.8. The monoisotopic (exact) mass is 239 g/mol. The molecule has 1 aliphatic carbocycles. The molecule has 0 radical (unpaired) electrons. The van der Waals surface area contributed by atoms with Crippen LogP contribution in [0.4, 0.5) is 0 Å². The molecule has 98 valence electrons. The highest BCUT2D eigenvalue weighted by molar-refractivity contribution is 5.76. The maximum atomic E-state index is 12.2. The zero-order chi connectivity index (χ0) is 12.1. The van der Waals surface area contributed by atoms with E-state index in [0.717, 1.165) is 26.1 Å². The molecule has 1 saturated heterocycles. The zero-order valence-corrected chi connectivity index (χ0v) is 10.9. The van der Waals surface area contributed by atoms with E-state index in [1.807, 2.05) is 7.05 Å². The van der Waals surface area contributed by atoms with Gasteiger partial charge in [-0.1, -0.05) is 0 Å². The SMILES string of the molecule is CNCCCC(=O)N(C[C@H]1CCCN1)C1CC1. The van der Waals surface area contributed by atoms with Gasteiger partial charge >= 0.3 is 0 Å². The largest absolute Gasteiger partial charge is 0.338 e. The average molecular weight is 239 g/mol. The molecular formula is C13H25N3O. The van der Waals surface area contributed by atoms with Crippen molar-refractivity contribution in [3.8, 4) is 0 Å². The fourth-order valence-electron chi connectivity index (χ4n) is 2.55. The molecule has 0 aromatic rings. The van der Waals surface area contributed by atoms with E-state index in [-0.39, 0.29) is 0 Å². The van der Waals surface area contributed by atoms with Crippen LogP contribution in [0, 0.1) is 0 Å². The highest BCUT2D eigenvalue weighted by atomic mass is 16.2. The van der Waals surface area contributed by atoms with Gasteiger partial charge in [0, 0.05) is 25.0 Å². The molecule has 1 amide bonds. The molecule has 0 spiro atoms. The van der Waals surface area contributed by atoms with Gasteiger partial charge in [0.05, 0.1) is 0 Å². The molecule has 1 heterocycles. The van der Waals surface area contributed by atoms with E-state index in [4.69, 9.17) is 0 Å². The molecule has 0 aromatic heterocycles. The summed E-state index contributed by atoms with van der Waals surface area (Å²) in [5.74, 6) is 0.358. The van der Waals surface area contributed by atoms with Crippen LogP contribution in [0.5, 0.6) is 0 Å². The molecule has 1 saturated carbocycles. The molecule has 2 fully saturated rings. The second-order valence-corrected chi connectivity index (χ2v) is 5.28. The van der Waals surface area contributed by atoms with Crippen LogP contribution < -0.4 is 10.6 Å². The normalized spacial score (nSPS) is 23.9. The Labute approximate surface area is 104 Å². The lowest BCUT2D eigenvalue weighted by Crippen LogP contribution is -2.42. The second kappa shape index (κ2) is 6.36. The summed E-state index contributed by atoms with van der Waals surface area (Å²) in [7, 11) is 1.94. The summed E-state index contributed by atoms with van der Waals surface area (Å²) in [6.45, 7) is 2.99. The minimum atomic E-state index is 0.358. The van der Waals surface area contributed by atoms with Gasteiger partial charge in [0.25, 0.3) is 0 Å². The van der Waals surface area contributed by atoms with E-state index in [0.29, 0.717) is 24.4 Å². The third-order valence-corrected chi connectivity index (χ3v) is 3.70. The van der Waals surface area contributed by atoms with Gasteiger partial charge in [0.1, 0.15) is 0 Å². The van der Waals surface area contributed by atoms with Crippen molar-refractivity contribution in [3.05, 3.63) is 0 Å². The average Bonchev–Trinajstić information content (AvgIpc) is 3.03. The number of carbonyl (C=O) groups is 1. The molecule has 4 nitrogen and oxygen atoms in total. The molecule has 17 heavy (non-hydrogen) atoms. The van der Waals surface area contributed by atoms with E-state index < -0.39 is 0 Å². The Bertz CT molecular complexity index is 247. The van der Waals surface area contributed by atoms with Gasteiger partial charge in [-0.15, -0.1) is 0 Å². The highest BCUT2D eigenvalue weighted by Gasteiger charge is 2.33. The summed E-state index contributed by atoms with van der Waals surface area (Å²) in [5.41, 5.74) is 0. The van der Waals surface area contributed by atoms with Crippen molar-refractivity contribution in [2.45, 2.75) is 50.6 Å². The minimum absolute atomic E-state index is 0.358. The van der Waals surface area contributed by atoms with Gasteiger partial charge in [-0.3, -0.25) is 4.79 Å². The van der Waals surface area contributed by atoms with Gasteiger partial charge in [0.15, 0.2) is 0 Å². The number of hydrogen-bond acceptors (Lipinski definition) is 3. The zero-order valence-electron chi connectivity index (χ0n) is 10.9. The lowest BCUT2D eigenvalue weighted by Gasteiger charge is -2.26. The Kier molecular flexibility index (Phi) is 4.80. The Morgan fingerprint density at radius 1 is 1.41 bits per heavy atom. The summed E-state index contributed by atoms with van der Waals surface area (Å²) >= 11 is 0. The predicted octanol–water partition coefficient (Wildman–Crippen LogP) is 0.729. The molecular weight excluding hydrogens is 214 g/mol. The lowest BCUT2D eigenvalue weighted by atomic mass is 10.2. The van der Waals surface area contributed by atoms with Crippen LogP contribution in [0.2, 0.25) is 0 Å². The van der Waals surface area contributed by atoms with Crippen molar-refractivity contribution in [1.82, 2.24) is 15.5 Å². The Balaban J connectivity index is 1.76. The Morgan fingerprint density at radius 3 is 2.82 bits per heavy atom. The smallest absolute Gasteiger partial charge is 0.222 e. The van der Waals surface area contributed by atoms with Crippen LogP contribution >= 0.6 is 0 Å². The van der Waals surface area contributed by atoms with Gasteiger partial charge in [-0.2, -0.15) is 0 Å². The van der Waals surface area contributed by atoms with Crippen LogP contribution in [0.15, 0.2) is 0 Å². The molecule has 2 aliphatic rings. The summed E-state index contributed by atoms with van der Waals surface area (Å²) in [5, 5.41) is 6.58. The standard InChI is InChI=1S/C13H25N3O/c1-14-8-3-5-13(17)16(12-6-7-12)10-11-4-2-9-15-11/h11-12,14-15H,2-10H2,1H3/t11-/m1/s1. The maximum absolute atomic E-state index is 12.2. The van der Waals surface area contributed by atoms with Crippen molar-refractivity contribution in [1.29, 1.82) is 0 Å². The van der Waals surface area contributed by atoms with Crippen LogP contribution in [-0.2, 0) is 4.79 Å². The van der Waals surface area contributed by atoms with E-state index in [2.05, 4.69) is 15.5 Å². The molecule has 2 N–H and O–H groups in total. The topological polar surface area (TPSA) is 44.4 Å². The van der Waals surface area contributed by atoms with Crippen molar-refractivity contribution < 1.29 is 4.79 Å². The van der Waals surface area contributed by atoms with E-state index in [1.54, 1.807) is 0 Å². The number of amides is 1. The maximum Gasteiger partial charge on any atom is 0.222 e.